The standard InChI is InChI=1S/C25H34O7/c1-2-23(26)31-18-8-6-4-3-5-7-17-30-21-13-15-22(16-14-21)32-25(29)20-11-9-19(10-12-20)24(27)28/h2,13-16,19-20H,1,3-12,17-18H2,(H,27,28)/t19-,20-. The molecule has 1 saturated carbocycles. The molecule has 0 atom stereocenters. The Morgan fingerprint density at radius 2 is 1.38 bits per heavy atom. The van der Waals surface area contributed by atoms with Crippen molar-refractivity contribution in [2.24, 2.45) is 11.8 Å². The number of hydrogen-bond acceptors (Lipinski definition) is 6. The van der Waals surface area contributed by atoms with Gasteiger partial charge in [0, 0.05) is 6.08 Å². The van der Waals surface area contributed by atoms with Gasteiger partial charge in [-0.25, -0.2) is 4.79 Å². The zero-order chi connectivity index (χ0) is 23.2. The molecule has 0 saturated heterocycles. The van der Waals surface area contributed by atoms with E-state index in [1.54, 1.807) is 24.3 Å². The van der Waals surface area contributed by atoms with E-state index in [4.69, 9.17) is 19.3 Å². The maximum Gasteiger partial charge on any atom is 0.330 e. The number of aliphatic carboxylic acids is 1. The molecule has 0 heterocycles. The monoisotopic (exact) mass is 446 g/mol. The first-order valence-electron chi connectivity index (χ1n) is 11.5. The number of benzene rings is 1. The van der Waals surface area contributed by atoms with Gasteiger partial charge < -0.3 is 19.3 Å². The van der Waals surface area contributed by atoms with Crippen molar-refractivity contribution in [3.63, 3.8) is 0 Å². The fourth-order valence-electron chi connectivity index (χ4n) is 3.71. The predicted octanol–water partition coefficient (Wildman–Crippen LogP) is 4.93. The molecular formula is C25H34O7. The third-order valence-electron chi connectivity index (χ3n) is 5.67. The summed E-state index contributed by atoms with van der Waals surface area (Å²) in [4.78, 5) is 34.2. The molecule has 1 aromatic rings. The van der Waals surface area contributed by atoms with E-state index in [9.17, 15) is 14.4 Å². The number of carbonyl (C=O) groups excluding carboxylic acids is 2. The van der Waals surface area contributed by atoms with Gasteiger partial charge in [0.05, 0.1) is 25.0 Å². The molecule has 1 aromatic carbocycles. The van der Waals surface area contributed by atoms with Crippen LogP contribution >= 0.6 is 0 Å². The topological polar surface area (TPSA) is 99.1 Å². The molecule has 0 spiro atoms. The highest BCUT2D eigenvalue weighted by Crippen LogP contribution is 2.30. The van der Waals surface area contributed by atoms with Gasteiger partial charge in [0.25, 0.3) is 0 Å². The van der Waals surface area contributed by atoms with Gasteiger partial charge in [-0.05, 0) is 62.8 Å². The molecule has 176 valence electrons. The molecule has 0 aromatic heterocycles. The van der Waals surface area contributed by atoms with Crippen LogP contribution in [0.2, 0.25) is 0 Å². The van der Waals surface area contributed by atoms with Crippen LogP contribution in [0.25, 0.3) is 0 Å². The number of hydrogen-bond donors (Lipinski definition) is 1. The van der Waals surface area contributed by atoms with E-state index in [2.05, 4.69) is 6.58 Å². The van der Waals surface area contributed by atoms with Gasteiger partial charge in [-0.3, -0.25) is 9.59 Å². The summed E-state index contributed by atoms with van der Waals surface area (Å²) in [7, 11) is 0. The maximum absolute atomic E-state index is 12.3. The first-order chi connectivity index (χ1) is 15.5. The highest BCUT2D eigenvalue weighted by molar-refractivity contribution is 5.81. The van der Waals surface area contributed by atoms with Crippen molar-refractivity contribution in [3.8, 4) is 11.5 Å². The van der Waals surface area contributed by atoms with Crippen LogP contribution in [0.4, 0.5) is 0 Å². The van der Waals surface area contributed by atoms with Crippen LogP contribution in [-0.2, 0) is 19.1 Å². The first-order valence-corrected chi connectivity index (χ1v) is 11.5. The molecule has 1 fully saturated rings. The Kier molecular flexibility index (Phi) is 11.3. The largest absolute Gasteiger partial charge is 0.494 e. The minimum absolute atomic E-state index is 0.233. The summed E-state index contributed by atoms with van der Waals surface area (Å²) in [5.74, 6) is -0.809. The van der Waals surface area contributed by atoms with Gasteiger partial charge in [0.15, 0.2) is 0 Å². The summed E-state index contributed by atoms with van der Waals surface area (Å²) in [6, 6.07) is 7.01. The van der Waals surface area contributed by atoms with Crippen LogP contribution < -0.4 is 9.47 Å². The Labute approximate surface area is 189 Å². The number of rotatable bonds is 14. The molecule has 32 heavy (non-hydrogen) atoms. The Morgan fingerprint density at radius 1 is 0.844 bits per heavy atom. The van der Waals surface area contributed by atoms with E-state index in [1.807, 2.05) is 0 Å². The molecule has 7 heteroatoms. The van der Waals surface area contributed by atoms with Gasteiger partial charge in [-0.15, -0.1) is 0 Å². The lowest BCUT2D eigenvalue weighted by atomic mass is 9.82. The SMILES string of the molecule is C=CC(=O)OCCCCCCCCOc1ccc(OC(=O)[C@H]2CC[C@H](C(=O)O)CC2)cc1. The van der Waals surface area contributed by atoms with Crippen molar-refractivity contribution >= 4 is 17.9 Å². The molecule has 7 nitrogen and oxygen atoms in total. The highest BCUT2D eigenvalue weighted by Gasteiger charge is 2.30. The minimum atomic E-state index is -0.781. The molecule has 0 unspecified atom stereocenters. The van der Waals surface area contributed by atoms with E-state index >= 15 is 0 Å². The average molecular weight is 447 g/mol. The first kappa shape index (κ1) is 25.4. The molecular weight excluding hydrogens is 412 g/mol. The Bertz CT molecular complexity index is 733. The van der Waals surface area contributed by atoms with Crippen molar-refractivity contribution in [2.45, 2.75) is 64.2 Å². The fraction of sp³-hybridized carbons (Fsp3) is 0.560. The Balaban J connectivity index is 1.53. The molecule has 0 aliphatic heterocycles. The van der Waals surface area contributed by atoms with Crippen molar-refractivity contribution in [1.29, 1.82) is 0 Å². The van der Waals surface area contributed by atoms with Crippen molar-refractivity contribution in [2.75, 3.05) is 13.2 Å². The summed E-state index contributed by atoms with van der Waals surface area (Å²) in [5.41, 5.74) is 0. The van der Waals surface area contributed by atoms with Crippen LogP contribution in [0.3, 0.4) is 0 Å². The van der Waals surface area contributed by atoms with Crippen molar-refractivity contribution < 1.29 is 33.7 Å². The number of carboxylic acids is 1. The quantitative estimate of drug-likeness (QED) is 0.187. The number of carboxylic acid groups (broad SMARTS) is 1. The van der Waals surface area contributed by atoms with E-state index < -0.39 is 5.97 Å². The Hall–Kier alpha value is -2.83. The van der Waals surface area contributed by atoms with E-state index in [-0.39, 0.29) is 23.8 Å². The smallest absolute Gasteiger partial charge is 0.330 e. The fourth-order valence-corrected chi connectivity index (χ4v) is 3.71. The number of esters is 2. The number of carbonyl (C=O) groups is 3. The third kappa shape index (κ3) is 9.54. The Morgan fingerprint density at radius 3 is 1.97 bits per heavy atom. The van der Waals surface area contributed by atoms with E-state index in [1.165, 1.54) is 6.08 Å². The summed E-state index contributed by atoms with van der Waals surface area (Å²) in [5, 5.41) is 9.05. The summed E-state index contributed by atoms with van der Waals surface area (Å²) >= 11 is 0. The zero-order valence-corrected chi connectivity index (χ0v) is 18.6. The number of ether oxygens (including phenoxy) is 3. The molecule has 1 N–H and O–H groups in total. The molecule has 2 rings (SSSR count). The second-order valence-corrected chi connectivity index (χ2v) is 8.12. The lowest BCUT2D eigenvalue weighted by Crippen LogP contribution is -2.28. The van der Waals surface area contributed by atoms with Gasteiger partial charge in [-0.2, -0.15) is 0 Å². The minimum Gasteiger partial charge on any atom is -0.494 e. The van der Waals surface area contributed by atoms with Crippen LogP contribution in [0.1, 0.15) is 64.2 Å². The van der Waals surface area contributed by atoms with Gasteiger partial charge in [-0.1, -0.05) is 32.3 Å². The molecule has 1 aliphatic carbocycles. The van der Waals surface area contributed by atoms with Crippen LogP contribution in [-0.4, -0.2) is 36.2 Å². The average Bonchev–Trinajstić information content (AvgIpc) is 2.81. The van der Waals surface area contributed by atoms with E-state index in [0.717, 1.165) is 44.3 Å². The maximum atomic E-state index is 12.3. The molecule has 0 radical (unpaired) electrons. The van der Waals surface area contributed by atoms with Crippen LogP contribution in [0.5, 0.6) is 11.5 Å². The van der Waals surface area contributed by atoms with Crippen LogP contribution in [0, 0.1) is 11.8 Å². The lowest BCUT2D eigenvalue weighted by Gasteiger charge is -2.24. The zero-order valence-electron chi connectivity index (χ0n) is 18.6. The second kappa shape index (κ2) is 14.3. The predicted molar refractivity (Wildman–Crippen MR) is 120 cm³/mol. The second-order valence-electron chi connectivity index (χ2n) is 8.12. The normalized spacial score (nSPS) is 17.9. The van der Waals surface area contributed by atoms with Gasteiger partial charge in [0.2, 0.25) is 0 Å². The summed E-state index contributed by atoms with van der Waals surface area (Å²) in [6.45, 7) is 4.44. The van der Waals surface area contributed by atoms with E-state index in [0.29, 0.717) is 44.6 Å². The lowest BCUT2D eigenvalue weighted by molar-refractivity contribution is -0.146. The number of unbranched alkanes of at least 4 members (excludes halogenated alkanes) is 5. The molecule has 0 bridgehead atoms. The summed E-state index contributed by atoms with van der Waals surface area (Å²) < 4.78 is 16.1. The summed E-state index contributed by atoms with van der Waals surface area (Å²) in [6.07, 6.45) is 9.48. The highest BCUT2D eigenvalue weighted by atomic mass is 16.5. The molecule has 1 aliphatic rings. The molecule has 0 amide bonds. The van der Waals surface area contributed by atoms with Crippen molar-refractivity contribution in [1.82, 2.24) is 0 Å². The third-order valence-corrected chi connectivity index (χ3v) is 5.67. The van der Waals surface area contributed by atoms with Crippen molar-refractivity contribution in [3.05, 3.63) is 36.9 Å². The van der Waals surface area contributed by atoms with Gasteiger partial charge >= 0.3 is 17.9 Å². The van der Waals surface area contributed by atoms with Crippen LogP contribution in [0.15, 0.2) is 36.9 Å². The van der Waals surface area contributed by atoms with Gasteiger partial charge in [0.1, 0.15) is 11.5 Å².